The number of rotatable bonds is 7. The topological polar surface area (TPSA) is 51.0 Å². The number of aromatic nitrogens is 3. The van der Waals surface area contributed by atoms with Crippen LogP contribution in [0.3, 0.4) is 0 Å². The van der Waals surface area contributed by atoms with Crippen LogP contribution in [-0.4, -0.2) is 31.9 Å². The Labute approximate surface area is 175 Å². The fourth-order valence-corrected chi connectivity index (χ4v) is 3.62. The van der Waals surface area contributed by atoms with Crippen LogP contribution < -0.4 is 0 Å². The van der Waals surface area contributed by atoms with Gasteiger partial charge in [0.1, 0.15) is 11.3 Å². The number of aryl methyl sites for hydroxylation is 1. The van der Waals surface area contributed by atoms with E-state index in [-0.39, 0.29) is 5.91 Å². The maximum atomic E-state index is 13.3. The van der Waals surface area contributed by atoms with Gasteiger partial charge in [0.2, 0.25) is 0 Å². The van der Waals surface area contributed by atoms with Crippen molar-refractivity contribution in [3.8, 4) is 0 Å². The maximum absolute atomic E-state index is 13.3. The number of carbonyl (C=O) groups excluding carboxylic acids is 1. The lowest BCUT2D eigenvalue weighted by Gasteiger charge is -2.25. The lowest BCUT2D eigenvalue weighted by Crippen LogP contribution is -2.35. The molecule has 3 aromatic rings. The zero-order valence-electron chi connectivity index (χ0n) is 16.3. The minimum Gasteiger partial charge on any atom is -0.331 e. The van der Waals surface area contributed by atoms with Gasteiger partial charge in [-0.15, -0.1) is 0 Å². The van der Waals surface area contributed by atoms with Crippen LogP contribution in [0, 0.1) is 5.92 Å². The number of pyridine rings is 1. The molecule has 2 aromatic heterocycles. The monoisotopic (exact) mass is 418 g/mol. The van der Waals surface area contributed by atoms with E-state index >= 15 is 0 Å². The highest BCUT2D eigenvalue weighted by molar-refractivity contribution is 6.35. The molecule has 0 bridgehead atoms. The molecule has 0 aliphatic heterocycles. The second-order valence-electron chi connectivity index (χ2n) is 7.23. The third kappa shape index (κ3) is 4.47. The fourth-order valence-electron chi connectivity index (χ4n) is 3.25. The minimum absolute atomic E-state index is 0.149. The van der Waals surface area contributed by atoms with Gasteiger partial charge in [-0.2, -0.15) is 0 Å². The van der Waals surface area contributed by atoms with Crippen LogP contribution in [0.1, 0.15) is 43.4 Å². The lowest BCUT2D eigenvalue weighted by molar-refractivity contribution is 0.0716. The van der Waals surface area contributed by atoms with Gasteiger partial charge in [-0.25, -0.2) is 9.97 Å². The van der Waals surface area contributed by atoms with Gasteiger partial charge < -0.3 is 9.47 Å². The molecule has 0 fully saturated rings. The van der Waals surface area contributed by atoms with Gasteiger partial charge in [0.15, 0.2) is 5.65 Å². The molecule has 5 nitrogen and oxygen atoms in total. The zero-order chi connectivity index (χ0) is 20.3. The third-order valence-electron chi connectivity index (χ3n) is 4.39. The van der Waals surface area contributed by atoms with Crippen molar-refractivity contribution >= 4 is 40.3 Å². The summed E-state index contributed by atoms with van der Waals surface area (Å²) in [5.41, 5.74) is 2.09. The van der Waals surface area contributed by atoms with Gasteiger partial charge in [-0.05, 0) is 42.7 Å². The lowest BCUT2D eigenvalue weighted by atomic mass is 10.1. The number of hydrogen-bond donors (Lipinski definition) is 0. The molecule has 28 heavy (non-hydrogen) atoms. The molecular weight excluding hydrogens is 395 g/mol. The normalized spacial score (nSPS) is 11.4. The smallest absolute Gasteiger partial charge is 0.255 e. The van der Waals surface area contributed by atoms with Crippen LogP contribution in [0.2, 0.25) is 10.0 Å². The first-order valence-corrected chi connectivity index (χ1v) is 10.2. The fraction of sp³-hybridized carbons (Fsp3) is 0.381. The maximum Gasteiger partial charge on any atom is 0.255 e. The summed E-state index contributed by atoms with van der Waals surface area (Å²) in [7, 11) is 0. The van der Waals surface area contributed by atoms with Gasteiger partial charge in [-0.1, -0.05) is 44.0 Å². The van der Waals surface area contributed by atoms with Gasteiger partial charge in [0, 0.05) is 24.3 Å². The first-order valence-electron chi connectivity index (χ1n) is 9.45. The number of halogens is 2. The van der Waals surface area contributed by atoms with Gasteiger partial charge in [0.05, 0.1) is 17.1 Å². The summed E-state index contributed by atoms with van der Waals surface area (Å²) in [5, 5.41) is 0.881. The van der Waals surface area contributed by atoms with E-state index in [0.29, 0.717) is 34.6 Å². The van der Waals surface area contributed by atoms with E-state index in [2.05, 4.69) is 30.3 Å². The molecule has 0 saturated carbocycles. The van der Waals surface area contributed by atoms with E-state index < -0.39 is 0 Å². The third-order valence-corrected chi connectivity index (χ3v) is 4.96. The van der Waals surface area contributed by atoms with Crippen molar-refractivity contribution in [2.24, 2.45) is 5.92 Å². The van der Waals surface area contributed by atoms with Gasteiger partial charge in [0.25, 0.3) is 5.91 Å². The quantitative estimate of drug-likeness (QED) is 0.512. The Morgan fingerprint density at radius 1 is 1.25 bits per heavy atom. The summed E-state index contributed by atoms with van der Waals surface area (Å²) in [4.78, 5) is 24.3. The Kier molecular flexibility index (Phi) is 6.57. The van der Waals surface area contributed by atoms with Crippen molar-refractivity contribution < 1.29 is 4.79 Å². The highest BCUT2D eigenvalue weighted by Gasteiger charge is 2.23. The van der Waals surface area contributed by atoms with Crippen molar-refractivity contribution in [1.82, 2.24) is 19.4 Å². The van der Waals surface area contributed by atoms with E-state index in [0.717, 1.165) is 30.0 Å². The summed E-state index contributed by atoms with van der Waals surface area (Å²) in [6.45, 7) is 8.04. The molecule has 0 atom stereocenters. The number of fused-ring (bicyclic) bond motifs is 1. The SMILES string of the molecule is CCCn1c(CN(CC(C)C)C(=O)c2cc(Cl)ccc2Cl)nc2cccnc21. The molecule has 7 heteroatoms. The van der Waals surface area contributed by atoms with Crippen molar-refractivity contribution in [1.29, 1.82) is 0 Å². The van der Waals surface area contributed by atoms with Crippen LogP contribution in [-0.2, 0) is 13.1 Å². The average Bonchev–Trinajstić information content (AvgIpc) is 3.00. The largest absolute Gasteiger partial charge is 0.331 e. The minimum atomic E-state index is -0.149. The molecule has 0 N–H and O–H groups in total. The van der Waals surface area contributed by atoms with Crippen molar-refractivity contribution in [3.05, 3.63) is 58.0 Å². The Morgan fingerprint density at radius 2 is 2.04 bits per heavy atom. The van der Waals surface area contributed by atoms with Gasteiger partial charge in [-0.3, -0.25) is 4.79 Å². The molecule has 0 spiro atoms. The second kappa shape index (κ2) is 8.93. The summed E-state index contributed by atoms with van der Waals surface area (Å²) in [5.74, 6) is 0.969. The second-order valence-corrected chi connectivity index (χ2v) is 8.07. The molecule has 0 saturated heterocycles. The number of carbonyl (C=O) groups is 1. The Morgan fingerprint density at radius 3 is 2.75 bits per heavy atom. The Bertz CT molecular complexity index is 984. The number of benzene rings is 1. The van der Waals surface area contributed by atoms with Crippen LogP contribution in [0.15, 0.2) is 36.5 Å². The van der Waals surface area contributed by atoms with E-state index in [9.17, 15) is 4.79 Å². The number of imidazole rings is 1. The van der Waals surface area contributed by atoms with Crippen LogP contribution in [0.4, 0.5) is 0 Å². The predicted molar refractivity (Wildman–Crippen MR) is 114 cm³/mol. The van der Waals surface area contributed by atoms with Crippen LogP contribution >= 0.6 is 23.2 Å². The predicted octanol–water partition coefficient (Wildman–Crippen LogP) is 5.45. The molecular formula is C21H24Cl2N4O. The Hall–Kier alpha value is -2.11. The first-order chi connectivity index (χ1) is 13.4. The number of hydrogen-bond acceptors (Lipinski definition) is 3. The molecule has 3 rings (SSSR count). The number of nitrogens with zero attached hydrogens (tertiary/aromatic N) is 4. The molecule has 1 aromatic carbocycles. The van der Waals surface area contributed by atoms with Crippen molar-refractivity contribution in [3.63, 3.8) is 0 Å². The summed E-state index contributed by atoms with van der Waals surface area (Å²) in [6.07, 6.45) is 2.72. The Balaban J connectivity index is 1.99. The highest BCUT2D eigenvalue weighted by atomic mass is 35.5. The molecule has 148 valence electrons. The van der Waals surface area contributed by atoms with E-state index in [1.807, 2.05) is 12.1 Å². The summed E-state index contributed by atoms with van der Waals surface area (Å²) >= 11 is 12.4. The molecule has 1 amide bonds. The van der Waals surface area contributed by atoms with Crippen LogP contribution in [0.5, 0.6) is 0 Å². The first kappa shape index (κ1) is 20.6. The molecule has 0 unspecified atom stereocenters. The van der Waals surface area contributed by atoms with Gasteiger partial charge >= 0.3 is 0 Å². The molecule has 0 radical (unpaired) electrons. The van der Waals surface area contributed by atoms with Crippen molar-refractivity contribution in [2.75, 3.05) is 6.54 Å². The molecule has 0 aliphatic rings. The molecule has 0 aliphatic carbocycles. The van der Waals surface area contributed by atoms with E-state index in [1.54, 1.807) is 29.3 Å². The number of amides is 1. The summed E-state index contributed by atoms with van der Waals surface area (Å²) < 4.78 is 2.09. The standard InChI is InChI=1S/C21H24Cl2N4O/c1-4-10-27-19(25-18-6-5-9-24-20(18)27)13-26(12-14(2)3)21(28)16-11-15(22)7-8-17(16)23/h5-9,11,14H,4,10,12-13H2,1-3H3. The average molecular weight is 419 g/mol. The van der Waals surface area contributed by atoms with Crippen molar-refractivity contribution in [2.45, 2.75) is 40.3 Å². The van der Waals surface area contributed by atoms with Crippen LogP contribution in [0.25, 0.3) is 11.2 Å². The van der Waals surface area contributed by atoms with E-state index in [1.165, 1.54) is 0 Å². The van der Waals surface area contributed by atoms with E-state index in [4.69, 9.17) is 28.2 Å². The highest BCUT2D eigenvalue weighted by Crippen LogP contribution is 2.24. The summed E-state index contributed by atoms with van der Waals surface area (Å²) in [6, 6.07) is 8.77. The zero-order valence-corrected chi connectivity index (χ0v) is 17.8. The molecule has 2 heterocycles.